The van der Waals surface area contributed by atoms with Gasteiger partial charge in [0.2, 0.25) is 0 Å². The van der Waals surface area contributed by atoms with Crippen LogP contribution in [0.2, 0.25) is 0 Å². The van der Waals surface area contributed by atoms with Crippen LogP contribution in [-0.4, -0.2) is 42.2 Å². The van der Waals surface area contributed by atoms with Crippen LogP contribution in [0.25, 0.3) is 16.5 Å². The van der Waals surface area contributed by atoms with E-state index in [-0.39, 0.29) is 5.82 Å². The average molecular weight is 276 g/mol. The molecule has 0 bridgehead atoms. The molecule has 3 rings (SSSR count). The first-order valence-electron chi connectivity index (χ1n) is 6.75. The summed E-state index contributed by atoms with van der Waals surface area (Å²) < 4.78 is 13.6. The fraction of sp³-hybridized carbons (Fsp3) is 0.375. The second-order valence-electron chi connectivity index (χ2n) is 5.23. The van der Waals surface area contributed by atoms with Crippen LogP contribution in [0, 0.1) is 11.7 Å². The number of para-hydroxylation sites is 1. The summed E-state index contributed by atoms with van der Waals surface area (Å²) in [4.78, 5) is 5.35. The van der Waals surface area contributed by atoms with Gasteiger partial charge in [-0.05, 0) is 24.6 Å². The maximum atomic E-state index is 13.6. The van der Waals surface area contributed by atoms with E-state index < -0.39 is 0 Å². The van der Waals surface area contributed by atoms with E-state index in [1.807, 2.05) is 12.1 Å². The second-order valence-corrected chi connectivity index (χ2v) is 5.23. The lowest BCUT2D eigenvalue weighted by molar-refractivity contribution is 0.330. The Kier molecular flexibility index (Phi) is 4.57. The number of nitrogens with zero attached hydrogens (tertiary/aromatic N) is 1. The molecule has 2 heterocycles. The SMILES string of the molecule is CO.C[C@@H]1C=C(c2cccc3c(F)c[nH]c23)CN(C)C1. The molecule has 20 heavy (non-hydrogen) atoms. The van der Waals surface area contributed by atoms with Crippen molar-refractivity contribution in [1.82, 2.24) is 9.88 Å². The van der Waals surface area contributed by atoms with Crippen molar-refractivity contribution in [2.45, 2.75) is 6.92 Å². The molecule has 2 N–H and O–H groups in total. The van der Waals surface area contributed by atoms with E-state index >= 15 is 0 Å². The van der Waals surface area contributed by atoms with Crippen molar-refractivity contribution < 1.29 is 9.50 Å². The van der Waals surface area contributed by atoms with Gasteiger partial charge in [-0.3, -0.25) is 0 Å². The first-order valence-corrected chi connectivity index (χ1v) is 6.75. The highest BCUT2D eigenvalue weighted by Crippen LogP contribution is 2.29. The van der Waals surface area contributed by atoms with Crippen LogP contribution in [0.15, 0.2) is 30.5 Å². The quantitative estimate of drug-likeness (QED) is 0.840. The number of aliphatic hydroxyl groups excluding tert-OH is 1. The number of halogens is 1. The van der Waals surface area contributed by atoms with Crippen LogP contribution in [0.3, 0.4) is 0 Å². The molecular formula is C16H21FN2O. The maximum Gasteiger partial charge on any atom is 0.148 e. The molecule has 0 amide bonds. The van der Waals surface area contributed by atoms with Gasteiger partial charge < -0.3 is 15.0 Å². The van der Waals surface area contributed by atoms with E-state index in [4.69, 9.17) is 5.11 Å². The van der Waals surface area contributed by atoms with Crippen LogP contribution in [0.4, 0.5) is 4.39 Å². The minimum absolute atomic E-state index is 0.176. The van der Waals surface area contributed by atoms with E-state index in [1.165, 1.54) is 11.8 Å². The van der Waals surface area contributed by atoms with Gasteiger partial charge in [-0.25, -0.2) is 4.39 Å². The Bertz CT molecular complexity index is 618. The number of fused-ring (bicyclic) bond motifs is 1. The number of nitrogens with one attached hydrogen (secondary N) is 1. The van der Waals surface area contributed by atoms with E-state index in [0.29, 0.717) is 11.3 Å². The summed E-state index contributed by atoms with van der Waals surface area (Å²) in [6, 6.07) is 5.81. The molecule has 0 radical (unpaired) electrons. The predicted molar refractivity (Wildman–Crippen MR) is 81.0 cm³/mol. The molecule has 3 nitrogen and oxygen atoms in total. The topological polar surface area (TPSA) is 39.3 Å². The fourth-order valence-electron chi connectivity index (χ4n) is 2.86. The van der Waals surface area contributed by atoms with Gasteiger partial charge in [0.15, 0.2) is 0 Å². The highest BCUT2D eigenvalue weighted by Gasteiger charge is 2.17. The Morgan fingerprint density at radius 2 is 2.10 bits per heavy atom. The zero-order chi connectivity index (χ0) is 14.7. The predicted octanol–water partition coefficient (Wildman–Crippen LogP) is 2.88. The van der Waals surface area contributed by atoms with Crippen molar-refractivity contribution in [3.05, 3.63) is 41.9 Å². The Morgan fingerprint density at radius 3 is 2.80 bits per heavy atom. The minimum atomic E-state index is -0.176. The molecule has 0 spiro atoms. The van der Waals surface area contributed by atoms with Crippen molar-refractivity contribution in [3.8, 4) is 0 Å². The molecule has 0 saturated carbocycles. The lowest BCUT2D eigenvalue weighted by Crippen LogP contribution is -2.29. The molecule has 1 atom stereocenters. The second kappa shape index (κ2) is 6.20. The summed E-state index contributed by atoms with van der Waals surface area (Å²) in [7, 11) is 3.12. The van der Waals surface area contributed by atoms with Crippen molar-refractivity contribution in [3.63, 3.8) is 0 Å². The summed E-state index contributed by atoms with van der Waals surface area (Å²) in [6.45, 7) is 4.22. The third-order valence-electron chi connectivity index (χ3n) is 3.54. The van der Waals surface area contributed by atoms with Crippen molar-refractivity contribution >= 4 is 16.5 Å². The molecule has 108 valence electrons. The zero-order valence-corrected chi connectivity index (χ0v) is 12.2. The Balaban J connectivity index is 0.000000704. The maximum absolute atomic E-state index is 13.6. The van der Waals surface area contributed by atoms with Crippen molar-refractivity contribution in [1.29, 1.82) is 0 Å². The third kappa shape index (κ3) is 2.76. The monoisotopic (exact) mass is 276 g/mol. The number of hydrogen-bond donors (Lipinski definition) is 2. The smallest absolute Gasteiger partial charge is 0.148 e. The lowest BCUT2D eigenvalue weighted by atomic mass is 9.95. The standard InChI is InChI=1S/C15H17FN2.CH4O/c1-10-6-11(9-18(2)8-10)12-4-3-5-13-14(16)7-17-15(12)13;1-2/h3-7,10,17H,8-9H2,1-2H3;2H,1H3/t10-;/m1./s1. The van der Waals surface area contributed by atoms with Gasteiger partial charge in [-0.2, -0.15) is 0 Å². The van der Waals surface area contributed by atoms with E-state index in [2.05, 4.69) is 36.0 Å². The highest BCUT2D eigenvalue weighted by atomic mass is 19.1. The Hall–Kier alpha value is -1.65. The van der Waals surface area contributed by atoms with Gasteiger partial charge in [0, 0.05) is 37.3 Å². The molecule has 0 fully saturated rings. The summed E-state index contributed by atoms with van der Waals surface area (Å²) in [5.74, 6) is 0.360. The van der Waals surface area contributed by atoms with Crippen LogP contribution >= 0.6 is 0 Å². The van der Waals surface area contributed by atoms with Gasteiger partial charge in [0.1, 0.15) is 5.82 Å². The number of hydrogen-bond acceptors (Lipinski definition) is 2. The van der Waals surface area contributed by atoms with Crippen molar-refractivity contribution in [2.24, 2.45) is 5.92 Å². The van der Waals surface area contributed by atoms with Crippen LogP contribution in [0.1, 0.15) is 12.5 Å². The van der Waals surface area contributed by atoms with E-state index in [0.717, 1.165) is 31.3 Å². The fourth-order valence-corrected chi connectivity index (χ4v) is 2.86. The van der Waals surface area contributed by atoms with Gasteiger partial charge in [-0.1, -0.05) is 25.1 Å². The summed E-state index contributed by atoms with van der Waals surface area (Å²) in [6.07, 6.45) is 3.73. The number of H-pyrrole nitrogens is 1. The summed E-state index contributed by atoms with van der Waals surface area (Å²) in [5, 5.41) is 7.68. The van der Waals surface area contributed by atoms with Gasteiger partial charge in [0.25, 0.3) is 0 Å². The Labute approximate surface area is 118 Å². The molecule has 2 aromatic rings. The Morgan fingerprint density at radius 1 is 1.35 bits per heavy atom. The summed E-state index contributed by atoms with van der Waals surface area (Å²) in [5.41, 5.74) is 3.31. The molecule has 0 aliphatic carbocycles. The number of benzene rings is 1. The normalized spacial score (nSPS) is 19.4. The molecule has 0 saturated heterocycles. The molecular weight excluding hydrogens is 255 g/mol. The molecule has 0 unspecified atom stereocenters. The number of aliphatic hydroxyl groups is 1. The van der Waals surface area contributed by atoms with Crippen LogP contribution in [-0.2, 0) is 0 Å². The van der Waals surface area contributed by atoms with Gasteiger partial charge in [-0.15, -0.1) is 0 Å². The third-order valence-corrected chi connectivity index (χ3v) is 3.54. The number of aromatic amines is 1. The van der Waals surface area contributed by atoms with Crippen LogP contribution in [0.5, 0.6) is 0 Å². The first-order chi connectivity index (χ1) is 9.65. The lowest BCUT2D eigenvalue weighted by Gasteiger charge is -2.27. The molecule has 1 aromatic heterocycles. The van der Waals surface area contributed by atoms with Gasteiger partial charge >= 0.3 is 0 Å². The highest BCUT2D eigenvalue weighted by molar-refractivity contribution is 5.92. The van der Waals surface area contributed by atoms with Crippen LogP contribution < -0.4 is 0 Å². The average Bonchev–Trinajstić information content (AvgIpc) is 2.82. The largest absolute Gasteiger partial charge is 0.400 e. The molecule has 1 aromatic carbocycles. The minimum Gasteiger partial charge on any atom is -0.400 e. The van der Waals surface area contributed by atoms with Crippen molar-refractivity contribution in [2.75, 3.05) is 27.2 Å². The van der Waals surface area contributed by atoms with E-state index in [1.54, 1.807) is 0 Å². The zero-order valence-electron chi connectivity index (χ0n) is 12.2. The van der Waals surface area contributed by atoms with E-state index in [9.17, 15) is 4.39 Å². The number of rotatable bonds is 1. The molecule has 1 aliphatic heterocycles. The first kappa shape index (κ1) is 14.8. The van der Waals surface area contributed by atoms with Gasteiger partial charge in [0.05, 0.1) is 5.52 Å². The summed E-state index contributed by atoms with van der Waals surface area (Å²) >= 11 is 0. The number of likely N-dealkylation sites (N-methyl/N-ethyl adjacent to an activating group) is 1. The molecule has 1 aliphatic rings. The number of aromatic nitrogens is 1. The molecule has 4 heteroatoms.